The smallest absolute Gasteiger partial charge is 0.246 e. The number of nitrogens with zero attached hydrogens (tertiary/aromatic N) is 4. The Balaban J connectivity index is 0.00000242. The Morgan fingerprint density at radius 1 is 1.45 bits per heavy atom. The van der Waals surface area contributed by atoms with Gasteiger partial charge in [0, 0.05) is 25.7 Å². The van der Waals surface area contributed by atoms with E-state index in [4.69, 9.17) is 16.1 Å². The van der Waals surface area contributed by atoms with Crippen LogP contribution in [-0.4, -0.2) is 35.1 Å². The average Bonchev–Trinajstić information content (AvgIpc) is 2.85. The number of hydrogen-bond acceptors (Lipinski definition) is 4. The van der Waals surface area contributed by atoms with E-state index in [2.05, 4.69) is 20.4 Å². The lowest BCUT2D eigenvalue weighted by molar-refractivity contribution is 0.368. The van der Waals surface area contributed by atoms with Gasteiger partial charge in [-0.2, -0.15) is 4.98 Å². The molecule has 0 saturated heterocycles. The number of rotatable bonds is 4. The molecule has 0 spiro atoms. The Hall–Kier alpha value is -1.35. The van der Waals surface area contributed by atoms with E-state index in [1.54, 1.807) is 14.0 Å². The minimum absolute atomic E-state index is 0. The van der Waals surface area contributed by atoms with Gasteiger partial charge >= 0.3 is 0 Å². The third-order valence-corrected chi connectivity index (χ3v) is 3.08. The van der Waals surface area contributed by atoms with Gasteiger partial charge in [0.15, 0.2) is 11.8 Å². The molecule has 0 aliphatic carbocycles. The molecule has 22 heavy (non-hydrogen) atoms. The second kappa shape index (κ2) is 8.94. The monoisotopic (exact) mass is 435 g/mol. The van der Waals surface area contributed by atoms with Crippen molar-refractivity contribution in [3.63, 3.8) is 0 Å². The van der Waals surface area contributed by atoms with Gasteiger partial charge in [0.25, 0.3) is 0 Å². The van der Waals surface area contributed by atoms with Crippen molar-refractivity contribution < 1.29 is 4.52 Å². The molecule has 8 heteroatoms. The first kappa shape index (κ1) is 18.7. The summed E-state index contributed by atoms with van der Waals surface area (Å²) in [5.41, 5.74) is 1.11. The normalized spacial score (nSPS) is 11.0. The highest BCUT2D eigenvalue weighted by Gasteiger charge is 2.09. The quantitative estimate of drug-likeness (QED) is 0.454. The van der Waals surface area contributed by atoms with Gasteiger partial charge in [-0.25, -0.2) is 0 Å². The number of benzene rings is 1. The maximum atomic E-state index is 5.99. The molecule has 0 unspecified atom stereocenters. The van der Waals surface area contributed by atoms with Crippen molar-refractivity contribution in [2.45, 2.75) is 20.0 Å². The molecule has 2 aromatic rings. The fraction of sp³-hybridized carbons (Fsp3) is 0.357. The Morgan fingerprint density at radius 3 is 2.82 bits per heavy atom. The van der Waals surface area contributed by atoms with E-state index in [0.717, 1.165) is 16.5 Å². The molecule has 0 radical (unpaired) electrons. The van der Waals surface area contributed by atoms with Crippen LogP contribution < -0.4 is 5.32 Å². The molecule has 0 saturated carbocycles. The molecule has 120 valence electrons. The number of hydrogen-bond donors (Lipinski definition) is 1. The van der Waals surface area contributed by atoms with Crippen LogP contribution in [0.1, 0.15) is 17.3 Å². The molecule has 0 aliphatic heterocycles. The fourth-order valence-corrected chi connectivity index (χ4v) is 2.15. The van der Waals surface area contributed by atoms with Crippen LogP contribution in [0.4, 0.5) is 0 Å². The van der Waals surface area contributed by atoms with Gasteiger partial charge in [0.2, 0.25) is 5.89 Å². The lowest BCUT2D eigenvalue weighted by Gasteiger charge is -2.21. The average molecular weight is 436 g/mol. The topological polar surface area (TPSA) is 66.5 Å². The van der Waals surface area contributed by atoms with Crippen molar-refractivity contribution in [1.82, 2.24) is 20.4 Å². The van der Waals surface area contributed by atoms with Crippen LogP contribution in [0.15, 0.2) is 33.8 Å². The van der Waals surface area contributed by atoms with Gasteiger partial charge in [0.1, 0.15) is 0 Å². The third-order valence-electron chi connectivity index (χ3n) is 2.85. The molecular weight excluding hydrogens is 417 g/mol. The van der Waals surface area contributed by atoms with Crippen LogP contribution >= 0.6 is 35.6 Å². The first-order chi connectivity index (χ1) is 10.1. The summed E-state index contributed by atoms with van der Waals surface area (Å²) < 4.78 is 5.06. The van der Waals surface area contributed by atoms with E-state index in [1.165, 1.54) is 0 Å². The highest BCUT2D eigenvalue weighted by molar-refractivity contribution is 14.0. The van der Waals surface area contributed by atoms with E-state index < -0.39 is 0 Å². The van der Waals surface area contributed by atoms with E-state index in [9.17, 15) is 0 Å². The van der Waals surface area contributed by atoms with Crippen molar-refractivity contribution in [2.24, 2.45) is 4.99 Å². The van der Waals surface area contributed by atoms with Crippen LogP contribution in [-0.2, 0) is 13.1 Å². The molecule has 0 amide bonds. The van der Waals surface area contributed by atoms with Crippen LogP contribution in [0, 0.1) is 6.92 Å². The zero-order chi connectivity index (χ0) is 15.2. The van der Waals surface area contributed by atoms with Crippen molar-refractivity contribution >= 4 is 41.5 Å². The van der Waals surface area contributed by atoms with Crippen LogP contribution in [0.25, 0.3) is 0 Å². The molecule has 1 heterocycles. The maximum Gasteiger partial charge on any atom is 0.246 e. The molecule has 0 atom stereocenters. The van der Waals surface area contributed by atoms with E-state index >= 15 is 0 Å². The summed E-state index contributed by atoms with van der Waals surface area (Å²) in [6, 6.07) is 7.75. The summed E-state index contributed by atoms with van der Waals surface area (Å²) in [6.07, 6.45) is 0. The summed E-state index contributed by atoms with van der Waals surface area (Å²) in [5, 5.41) is 7.66. The lowest BCUT2D eigenvalue weighted by atomic mass is 10.2. The summed E-state index contributed by atoms with van der Waals surface area (Å²) in [7, 11) is 3.69. The summed E-state index contributed by atoms with van der Waals surface area (Å²) in [5.74, 6) is 1.89. The van der Waals surface area contributed by atoms with Gasteiger partial charge in [-0.1, -0.05) is 28.9 Å². The van der Waals surface area contributed by atoms with Gasteiger partial charge in [0.05, 0.1) is 6.54 Å². The Morgan fingerprint density at radius 2 is 2.23 bits per heavy atom. The summed E-state index contributed by atoms with van der Waals surface area (Å²) >= 11 is 5.99. The predicted octanol–water partition coefficient (Wildman–Crippen LogP) is 2.86. The minimum Gasteiger partial charge on any atom is -0.347 e. The Kier molecular flexibility index (Phi) is 7.60. The molecule has 0 bridgehead atoms. The molecule has 1 aromatic carbocycles. The maximum absolute atomic E-state index is 5.99. The van der Waals surface area contributed by atoms with Gasteiger partial charge in [-0.15, -0.1) is 24.0 Å². The number of aromatic nitrogens is 2. The molecule has 1 aromatic heterocycles. The number of aryl methyl sites for hydroxylation is 1. The number of halogens is 2. The first-order valence-corrected chi connectivity index (χ1v) is 6.91. The van der Waals surface area contributed by atoms with Crippen LogP contribution in [0.2, 0.25) is 5.02 Å². The number of nitrogens with one attached hydrogen (secondary N) is 1. The predicted molar refractivity (Wildman–Crippen MR) is 97.6 cm³/mol. The number of guanidine groups is 1. The first-order valence-electron chi connectivity index (χ1n) is 6.54. The third kappa shape index (κ3) is 5.45. The van der Waals surface area contributed by atoms with Crippen LogP contribution in [0.5, 0.6) is 0 Å². The largest absolute Gasteiger partial charge is 0.347 e. The molecule has 2 rings (SSSR count). The van der Waals surface area contributed by atoms with Crippen molar-refractivity contribution in [3.8, 4) is 0 Å². The number of aliphatic imine (C=N–C) groups is 1. The Bertz CT molecular complexity index is 631. The molecule has 0 fully saturated rings. The summed E-state index contributed by atoms with van der Waals surface area (Å²) in [4.78, 5) is 10.4. The minimum atomic E-state index is 0. The molecule has 1 N–H and O–H groups in total. The zero-order valence-electron chi connectivity index (χ0n) is 12.7. The van der Waals surface area contributed by atoms with E-state index in [1.807, 2.05) is 36.2 Å². The fourth-order valence-electron chi connectivity index (χ4n) is 1.94. The van der Waals surface area contributed by atoms with Gasteiger partial charge in [-0.3, -0.25) is 4.99 Å². The highest BCUT2D eigenvalue weighted by atomic mass is 127. The van der Waals surface area contributed by atoms with Crippen molar-refractivity contribution in [3.05, 3.63) is 46.6 Å². The second-order valence-electron chi connectivity index (χ2n) is 4.62. The van der Waals surface area contributed by atoms with Gasteiger partial charge in [-0.05, 0) is 24.6 Å². The SMILES string of the molecule is CN=C(NCc1nc(C)no1)N(C)Cc1cccc(Cl)c1.I. The molecule has 6 nitrogen and oxygen atoms in total. The standard InChI is InChI=1S/C14H18ClN5O.HI/c1-10-18-13(21-19-10)8-17-14(16-2)20(3)9-11-5-4-6-12(15)7-11;/h4-7H,8-9H2,1-3H3,(H,16,17);1H. The van der Waals surface area contributed by atoms with E-state index in [-0.39, 0.29) is 24.0 Å². The lowest BCUT2D eigenvalue weighted by Crippen LogP contribution is -2.38. The second-order valence-corrected chi connectivity index (χ2v) is 5.06. The summed E-state index contributed by atoms with van der Waals surface area (Å²) in [6.45, 7) is 2.92. The zero-order valence-corrected chi connectivity index (χ0v) is 15.8. The van der Waals surface area contributed by atoms with Gasteiger partial charge < -0.3 is 14.7 Å². The Labute approximate surface area is 152 Å². The van der Waals surface area contributed by atoms with Crippen molar-refractivity contribution in [1.29, 1.82) is 0 Å². The molecular formula is C14H19ClIN5O. The van der Waals surface area contributed by atoms with Crippen LogP contribution in [0.3, 0.4) is 0 Å². The molecule has 0 aliphatic rings. The van der Waals surface area contributed by atoms with Crippen molar-refractivity contribution in [2.75, 3.05) is 14.1 Å². The van der Waals surface area contributed by atoms with E-state index in [0.29, 0.717) is 24.8 Å². The highest BCUT2D eigenvalue weighted by Crippen LogP contribution is 2.12.